The predicted molar refractivity (Wildman–Crippen MR) is 109 cm³/mol. The van der Waals surface area contributed by atoms with Crippen LogP contribution < -0.4 is 5.32 Å². The van der Waals surface area contributed by atoms with Gasteiger partial charge in [-0.2, -0.15) is 4.98 Å². The van der Waals surface area contributed by atoms with E-state index in [1.54, 1.807) is 48.3 Å². The molecule has 3 rings (SSSR count). The summed E-state index contributed by atoms with van der Waals surface area (Å²) in [5, 5.41) is 6.74. The molecular weight excluding hydrogens is 387 g/mol. The van der Waals surface area contributed by atoms with E-state index >= 15 is 0 Å². The van der Waals surface area contributed by atoms with Crippen LogP contribution in [0.2, 0.25) is 0 Å². The molecule has 1 heterocycles. The number of rotatable bonds is 8. The molecule has 0 aliphatic carbocycles. The SMILES string of the molecule is CCC(=O)N(C)CCc1noc(-c2ccc(C(=O)NCc3ccc(F)cc3)cc2)n1. The number of hydrogen-bond donors (Lipinski definition) is 1. The van der Waals surface area contributed by atoms with Crippen molar-refractivity contribution in [2.24, 2.45) is 0 Å². The minimum atomic E-state index is -0.314. The lowest BCUT2D eigenvalue weighted by atomic mass is 10.1. The number of amides is 2. The van der Waals surface area contributed by atoms with Gasteiger partial charge in [0.15, 0.2) is 5.82 Å². The Kier molecular flexibility index (Phi) is 6.90. The number of nitrogens with one attached hydrogen (secondary N) is 1. The molecule has 0 bridgehead atoms. The van der Waals surface area contributed by atoms with E-state index in [9.17, 15) is 14.0 Å². The highest BCUT2D eigenvalue weighted by Crippen LogP contribution is 2.18. The third-order valence-corrected chi connectivity index (χ3v) is 4.63. The molecule has 0 aliphatic rings. The number of carbonyl (C=O) groups excluding carboxylic acids is 2. The second kappa shape index (κ2) is 9.78. The van der Waals surface area contributed by atoms with Gasteiger partial charge < -0.3 is 14.7 Å². The van der Waals surface area contributed by atoms with Crippen LogP contribution in [0.5, 0.6) is 0 Å². The molecule has 0 saturated heterocycles. The maximum atomic E-state index is 12.9. The Hall–Kier alpha value is -3.55. The Balaban J connectivity index is 1.56. The summed E-state index contributed by atoms with van der Waals surface area (Å²) in [7, 11) is 1.74. The molecule has 2 amide bonds. The minimum absolute atomic E-state index is 0.0620. The van der Waals surface area contributed by atoms with E-state index in [1.165, 1.54) is 12.1 Å². The summed E-state index contributed by atoms with van der Waals surface area (Å²) in [4.78, 5) is 29.9. The van der Waals surface area contributed by atoms with Crippen LogP contribution in [0.15, 0.2) is 53.1 Å². The maximum Gasteiger partial charge on any atom is 0.257 e. The fourth-order valence-corrected chi connectivity index (χ4v) is 2.79. The molecule has 1 aromatic heterocycles. The molecule has 0 atom stereocenters. The number of benzene rings is 2. The largest absolute Gasteiger partial charge is 0.348 e. The normalized spacial score (nSPS) is 10.6. The zero-order valence-electron chi connectivity index (χ0n) is 16.9. The Morgan fingerprint density at radius 2 is 1.80 bits per heavy atom. The van der Waals surface area contributed by atoms with Gasteiger partial charge in [-0.3, -0.25) is 9.59 Å². The fourth-order valence-electron chi connectivity index (χ4n) is 2.79. The monoisotopic (exact) mass is 410 g/mol. The molecule has 7 nitrogen and oxygen atoms in total. The number of nitrogens with zero attached hydrogens (tertiary/aromatic N) is 3. The van der Waals surface area contributed by atoms with Crippen LogP contribution in [0.3, 0.4) is 0 Å². The molecule has 0 unspecified atom stereocenters. The lowest BCUT2D eigenvalue weighted by Crippen LogP contribution is -2.28. The molecule has 0 saturated carbocycles. The predicted octanol–water partition coefficient (Wildman–Crippen LogP) is 3.22. The first-order valence-corrected chi connectivity index (χ1v) is 9.66. The third kappa shape index (κ3) is 5.50. The Morgan fingerprint density at radius 1 is 1.10 bits per heavy atom. The van der Waals surface area contributed by atoms with Gasteiger partial charge in [-0.1, -0.05) is 24.2 Å². The smallest absolute Gasteiger partial charge is 0.257 e. The van der Waals surface area contributed by atoms with E-state index in [1.807, 2.05) is 6.92 Å². The van der Waals surface area contributed by atoms with Crippen molar-refractivity contribution in [3.05, 3.63) is 71.3 Å². The summed E-state index contributed by atoms with van der Waals surface area (Å²) in [5.74, 6) is 0.383. The molecule has 8 heteroatoms. The van der Waals surface area contributed by atoms with E-state index < -0.39 is 0 Å². The summed E-state index contributed by atoms with van der Waals surface area (Å²) in [6, 6.07) is 12.8. The highest BCUT2D eigenvalue weighted by molar-refractivity contribution is 5.94. The van der Waals surface area contributed by atoms with Gasteiger partial charge in [-0.05, 0) is 42.0 Å². The average Bonchev–Trinajstić information content (AvgIpc) is 3.25. The molecule has 2 aromatic carbocycles. The Labute approximate surface area is 173 Å². The van der Waals surface area contributed by atoms with Crippen LogP contribution in [0.25, 0.3) is 11.5 Å². The minimum Gasteiger partial charge on any atom is -0.348 e. The molecule has 0 fully saturated rings. The second-order valence-corrected chi connectivity index (χ2v) is 6.82. The molecule has 30 heavy (non-hydrogen) atoms. The van der Waals surface area contributed by atoms with Gasteiger partial charge >= 0.3 is 0 Å². The van der Waals surface area contributed by atoms with Crippen molar-refractivity contribution in [2.45, 2.75) is 26.3 Å². The fraction of sp³-hybridized carbons (Fsp3) is 0.273. The van der Waals surface area contributed by atoms with Crippen LogP contribution in [0.4, 0.5) is 4.39 Å². The van der Waals surface area contributed by atoms with Gasteiger partial charge in [-0.25, -0.2) is 4.39 Å². The zero-order valence-corrected chi connectivity index (χ0v) is 16.9. The molecule has 0 spiro atoms. The summed E-state index contributed by atoms with van der Waals surface area (Å²) < 4.78 is 18.2. The summed E-state index contributed by atoms with van der Waals surface area (Å²) in [5.41, 5.74) is 1.99. The van der Waals surface area contributed by atoms with Crippen molar-refractivity contribution in [2.75, 3.05) is 13.6 Å². The number of halogens is 1. The first kappa shape index (κ1) is 21.2. The first-order valence-electron chi connectivity index (χ1n) is 9.66. The van der Waals surface area contributed by atoms with Crippen molar-refractivity contribution >= 4 is 11.8 Å². The number of hydrogen-bond acceptors (Lipinski definition) is 5. The van der Waals surface area contributed by atoms with Gasteiger partial charge in [-0.15, -0.1) is 0 Å². The molecule has 156 valence electrons. The van der Waals surface area contributed by atoms with E-state index in [-0.39, 0.29) is 17.6 Å². The lowest BCUT2D eigenvalue weighted by Gasteiger charge is -2.14. The first-order chi connectivity index (χ1) is 14.5. The van der Waals surface area contributed by atoms with Crippen molar-refractivity contribution < 1.29 is 18.5 Å². The van der Waals surface area contributed by atoms with Gasteiger partial charge in [0.25, 0.3) is 11.8 Å². The third-order valence-electron chi connectivity index (χ3n) is 4.63. The summed E-state index contributed by atoms with van der Waals surface area (Å²) >= 11 is 0. The number of carbonyl (C=O) groups is 2. The lowest BCUT2D eigenvalue weighted by molar-refractivity contribution is -0.129. The van der Waals surface area contributed by atoms with E-state index in [4.69, 9.17) is 4.52 Å². The van der Waals surface area contributed by atoms with Gasteiger partial charge in [0.1, 0.15) is 5.82 Å². The molecular formula is C22H23FN4O3. The topological polar surface area (TPSA) is 88.3 Å². The molecule has 3 aromatic rings. The van der Waals surface area contributed by atoms with Crippen molar-refractivity contribution in [1.82, 2.24) is 20.4 Å². The highest BCUT2D eigenvalue weighted by atomic mass is 19.1. The summed E-state index contributed by atoms with van der Waals surface area (Å²) in [6.07, 6.45) is 0.952. The zero-order chi connectivity index (χ0) is 21.5. The van der Waals surface area contributed by atoms with E-state index in [2.05, 4.69) is 15.5 Å². The highest BCUT2D eigenvalue weighted by Gasteiger charge is 2.12. The number of likely N-dealkylation sites (N-methyl/N-ethyl adjacent to an activating group) is 1. The quantitative estimate of drug-likeness (QED) is 0.616. The molecule has 0 aliphatic heterocycles. The molecule has 1 N–H and O–H groups in total. The van der Waals surface area contributed by atoms with Crippen LogP contribution in [-0.4, -0.2) is 40.4 Å². The summed E-state index contributed by atoms with van der Waals surface area (Å²) in [6.45, 7) is 2.64. The Bertz CT molecular complexity index is 1000. The van der Waals surface area contributed by atoms with Crippen molar-refractivity contribution in [3.8, 4) is 11.5 Å². The van der Waals surface area contributed by atoms with Crippen molar-refractivity contribution in [3.63, 3.8) is 0 Å². The van der Waals surface area contributed by atoms with Gasteiger partial charge in [0.05, 0.1) is 0 Å². The van der Waals surface area contributed by atoms with E-state index in [0.717, 1.165) is 5.56 Å². The van der Waals surface area contributed by atoms with Gasteiger partial charge in [0, 0.05) is 44.1 Å². The van der Waals surface area contributed by atoms with Crippen molar-refractivity contribution in [1.29, 1.82) is 0 Å². The standard InChI is InChI=1S/C22H23FN4O3/c1-3-20(28)27(2)13-12-19-25-22(30-26-19)17-8-6-16(7-9-17)21(29)24-14-15-4-10-18(23)11-5-15/h4-11H,3,12-14H2,1-2H3,(H,24,29). The van der Waals surface area contributed by atoms with Crippen LogP contribution in [0.1, 0.15) is 35.1 Å². The Morgan fingerprint density at radius 3 is 2.47 bits per heavy atom. The van der Waals surface area contributed by atoms with Crippen LogP contribution >= 0.6 is 0 Å². The average molecular weight is 410 g/mol. The molecule has 0 radical (unpaired) electrons. The van der Waals surface area contributed by atoms with Crippen LogP contribution in [-0.2, 0) is 17.8 Å². The number of aromatic nitrogens is 2. The second-order valence-electron chi connectivity index (χ2n) is 6.82. The maximum absolute atomic E-state index is 12.9. The van der Waals surface area contributed by atoms with Gasteiger partial charge in [0.2, 0.25) is 5.91 Å². The van der Waals surface area contributed by atoms with Crippen LogP contribution in [0, 0.1) is 5.82 Å². The van der Waals surface area contributed by atoms with E-state index in [0.29, 0.717) is 48.8 Å².